The number of benzene rings is 2. The standard InChI is InChI=1S/C22H35FN2O4S.C22H36N2O5S.C15H29FN2O2.C10H11.C2H6F3NS.Na/c1-17-9-11-19(12-10-17)30(27,28)24-18(15-22(23)13-7-6-8-14-22)16-25(5)20(26)29-21(2,3)4;1-17-9-11-19(12-10-17)30(27,28)23-18(15-22(26)13-7-6-8-14-22)16-24(5)20(25)29-21(2,3)4;1-14(2,3)20-13(19)18(4)11-12(17)10-15(16)8-6-5-7-9-15;1-2-6-10-8-4-3-7-9(10)5-1;1-6(2)7(3,4)5;/h9-12,18,24H,6-8,13-16H2,1-5H3;9-12,18,23,26H,6-8,13-16H2,1-5H3;12H,5-11,17H2,1-4H3;1-7,9-10H,8H2;1-2H3;/q;;;-1;;+1. The number of halogens is 5. The van der Waals surface area contributed by atoms with E-state index < -0.39 is 95.5 Å². The molecule has 0 aromatic heterocycles. The summed E-state index contributed by atoms with van der Waals surface area (Å²) in [6, 6.07) is 11.3. The quantitative estimate of drug-likeness (QED) is 0.0444. The first-order valence-corrected chi connectivity index (χ1v) is 38.2. The Morgan fingerprint density at radius 2 is 0.908 bits per heavy atom. The van der Waals surface area contributed by atoms with E-state index in [1.54, 1.807) is 92.0 Å². The van der Waals surface area contributed by atoms with Gasteiger partial charge in [-0.25, -0.2) is 68.0 Å². The van der Waals surface area contributed by atoms with E-state index >= 15 is 4.39 Å². The summed E-state index contributed by atoms with van der Waals surface area (Å²) in [6.07, 6.45) is 27.5. The Morgan fingerprint density at radius 1 is 0.571 bits per heavy atom. The van der Waals surface area contributed by atoms with Crippen molar-refractivity contribution in [2.75, 3.05) is 54.9 Å². The van der Waals surface area contributed by atoms with E-state index in [1.807, 2.05) is 34.6 Å². The molecule has 2 aromatic rings. The number of allylic oxidation sites excluding steroid dienone is 6. The molecule has 0 heterocycles. The first-order chi connectivity index (χ1) is 44.6. The molecule has 7 rings (SSSR count). The van der Waals surface area contributed by atoms with Crippen LogP contribution in [0.2, 0.25) is 0 Å². The molecule has 5 atom stereocenters. The Labute approximate surface area is 609 Å². The van der Waals surface area contributed by atoms with Crippen molar-refractivity contribution in [1.82, 2.24) is 28.4 Å². The number of likely N-dealkylation sites (N-methyl/N-ethyl adjacent to an activating group) is 3. The van der Waals surface area contributed by atoms with E-state index in [4.69, 9.17) is 19.9 Å². The Bertz CT molecular complexity index is 2890. The Balaban J connectivity index is 0.000000449. The fourth-order valence-electron chi connectivity index (χ4n) is 11.7. The average Bonchev–Trinajstić information content (AvgIpc) is 0.823. The van der Waals surface area contributed by atoms with Crippen LogP contribution in [0, 0.1) is 32.1 Å². The zero-order valence-electron chi connectivity index (χ0n) is 61.6. The van der Waals surface area contributed by atoms with Gasteiger partial charge in [0.25, 0.3) is 11.4 Å². The van der Waals surface area contributed by atoms with E-state index in [2.05, 4.69) is 52.3 Å². The number of carbonyl (C=O) groups is 3. The van der Waals surface area contributed by atoms with E-state index in [9.17, 15) is 52.4 Å². The molecule has 18 nitrogen and oxygen atoms in total. The van der Waals surface area contributed by atoms with Crippen molar-refractivity contribution < 1.29 is 101 Å². The third kappa shape index (κ3) is 35.8. The molecule has 0 spiro atoms. The van der Waals surface area contributed by atoms with Crippen molar-refractivity contribution in [3.63, 3.8) is 0 Å². The number of nitrogens with two attached hydrogens (primary N) is 1. The maximum atomic E-state index is 15.4. The first-order valence-electron chi connectivity index (χ1n) is 33.9. The minimum Gasteiger partial charge on any atom is -0.444 e. The molecule has 0 bridgehead atoms. The summed E-state index contributed by atoms with van der Waals surface area (Å²) in [6.45, 7) is 20.3. The maximum absolute atomic E-state index is 15.4. The van der Waals surface area contributed by atoms with Crippen LogP contribution in [0.1, 0.15) is 195 Å². The van der Waals surface area contributed by atoms with Crippen molar-refractivity contribution in [3.05, 3.63) is 103 Å². The van der Waals surface area contributed by atoms with Crippen LogP contribution in [0.5, 0.6) is 0 Å². The molecular formula is C71H117F5N7NaO11S3. The van der Waals surface area contributed by atoms with Crippen LogP contribution in [0.3, 0.4) is 0 Å². The summed E-state index contributed by atoms with van der Waals surface area (Å²) in [5.41, 5.74) is 2.54. The van der Waals surface area contributed by atoms with Crippen LogP contribution in [0.15, 0.2) is 94.8 Å². The third-order valence-corrected chi connectivity index (χ3v) is 20.6. The topological polar surface area (TPSA) is 230 Å². The van der Waals surface area contributed by atoms with Gasteiger partial charge in [-0.1, -0.05) is 130 Å². The van der Waals surface area contributed by atoms with Gasteiger partial charge in [0.05, 0.1) is 15.4 Å². The molecule has 5 aliphatic rings. The smallest absolute Gasteiger partial charge is 0.444 e. The monoisotopic (exact) mass is 1460 g/mol. The number of rotatable bonds is 19. The molecule has 3 saturated carbocycles. The predicted octanol–water partition coefficient (Wildman–Crippen LogP) is 12.8. The normalized spacial score (nSPS) is 19.8. The number of amides is 3. The van der Waals surface area contributed by atoms with E-state index in [-0.39, 0.29) is 75.6 Å². The van der Waals surface area contributed by atoms with Crippen molar-refractivity contribution in [2.45, 2.75) is 260 Å². The fraction of sp³-hybridized carbons (Fsp3) is 0.690. The largest absolute Gasteiger partial charge is 1.00 e. The number of hydrogen-bond donors (Lipinski definition) is 4. The molecule has 98 heavy (non-hydrogen) atoms. The van der Waals surface area contributed by atoms with Crippen LogP contribution in [-0.2, 0) is 34.3 Å². The number of aliphatic hydroxyl groups is 1. The van der Waals surface area contributed by atoms with E-state index in [0.29, 0.717) is 57.4 Å². The molecule has 27 heteroatoms. The summed E-state index contributed by atoms with van der Waals surface area (Å²) in [5.74, 6) is 1.42. The first kappa shape index (κ1) is 90.1. The number of sulfonamides is 2. The van der Waals surface area contributed by atoms with Gasteiger partial charge < -0.3 is 39.8 Å². The maximum Gasteiger partial charge on any atom is 1.00 e. The molecule has 3 fully saturated rings. The van der Waals surface area contributed by atoms with Gasteiger partial charge in [0.15, 0.2) is 0 Å². The fourth-order valence-corrected chi connectivity index (χ4v) is 14.2. The molecule has 3 amide bonds. The number of fused-ring (bicyclic) bond motifs is 1. The van der Waals surface area contributed by atoms with Crippen LogP contribution in [0.4, 0.5) is 34.8 Å². The second kappa shape index (κ2) is 40.2. The van der Waals surface area contributed by atoms with Crippen LogP contribution >= 0.6 is 11.4 Å². The molecule has 5 N–H and O–H groups in total. The van der Waals surface area contributed by atoms with Crippen molar-refractivity contribution in [2.24, 2.45) is 17.6 Å². The van der Waals surface area contributed by atoms with Gasteiger partial charge in [-0.3, -0.25) is 0 Å². The van der Waals surface area contributed by atoms with E-state index in [0.717, 1.165) is 88.9 Å². The van der Waals surface area contributed by atoms with Crippen LogP contribution in [-0.4, -0.2) is 166 Å². The summed E-state index contributed by atoms with van der Waals surface area (Å²) in [7, 11) is -0.916. The summed E-state index contributed by atoms with van der Waals surface area (Å²) < 4.78 is 137. The van der Waals surface area contributed by atoms with Gasteiger partial charge in [-0.05, 0) is 164 Å². The van der Waals surface area contributed by atoms with Crippen LogP contribution < -0.4 is 44.7 Å². The summed E-state index contributed by atoms with van der Waals surface area (Å²) >= 11 is -4.91. The molecule has 0 saturated heterocycles. The molecule has 5 aliphatic carbocycles. The number of nitrogens with zero attached hydrogens (tertiary/aromatic N) is 4. The van der Waals surface area contributed by atoms with Crippen molar-refractivity contribution in [3.8, 4) is 0 Å². The van der Waals surface area contributed by atoms with Crippen molar-refractivity contribution in [1.29, 1.82) is 0 Å². The van der Waals surface area contributed by atoms with E-state index in [1.165, 1.54) is 40.3 Å². The molecular weight excluding hydrogens is 1340 g/mol. The number of nitrogens with one attached hydrogen (secondary N) is 2. The van der Waals surface area contributed by atoms with Crippen LogP contribution in [0.25, 0.3) is 0 Å². The molecule has 5 unspecified atom stereocenters. The summed E-state index contributed by atoms with van der Waals surface area (Å²) in [4.78, 5) is 41.0. The zero-order chi connectivity index (χ0) is 73.4. The number of aryl methyl sites for hydroxylation is 2. The van der Waals surface area contributed by atoms with Crippen molar-refractivity contribution >= 4 is 49.7 Å². The molecule has 0 radical (unpaired) electrons. The molecule has 0 aliphatic heterocycles. The second-order valence-electron chi connectivity index (χ2n) is 30.0. The van der Waals surface area contributed by atoms with Gasteiger partial charge in [0.1, 0.15) is 28.1 Å². The number of carbonyl (C=O) groups excluding carboxylic acids is 3. The molecule has 556 valence electrons. The minimum atomic E-state index is -4.91. The number of hydrogen-bond acceptors (Lipinski definition) is 13. The average molecular weight is 1460 g/mol. The van der Waals surface area contributed by atoms with Gasteiger partial charge >= 0.3 is 47.8 Å². The zero-order valence-corrected chi connectivity index (χ0v) is 66.1. The SMILES string of the molecule is C1=CC2[CH-]C=CCC2C=C1.CN(C)S(F)(F)F.CN(CC(N)CC1(F)CCCCC1)C(=O)OC(C)(C)C.Cc1ccc(S(=O)(=O)NC(CN(C)C(=O)OC(C)(C)C)CC2(F)CCCCC2)cc1.Cc1ccc(S(=O)(=O)NC(CN(C)C(=O)OC(C)(C)C)CC2(O)CCCCC2)cc1.[Na+]. The Hall–Kier alpha value is -3.96. The number of ether oxygens (including phenoxy) is 3. The Morgan fingerprint density at radius 3 is 1.27 bits per heavy atom. The van der Waals surface area contributed by atoms with Gasteiger partial charge in [0, 0.05) is 73.0 Å². The minimum absolute atomic E-state index is 0. The second-order valence-corrected chi connectivity index (χ2v) is 34.9. The number of alkyl halides is 2. The van der Waals surface area contributed by atoms with Gasteiger partial charge in [-0.2, -0.15) is 4.31 Å². The summed E-state index contributed by atoms with van der Waals surface area (Å²) in [5, 5.41) is 11.0. The Kier molecular flexibility index (Phi) is 37.0. The molecule has 2 aromatic carbocycles. The van der Waals surface area contributed by atoms with Gasteiger partial charge in [0.2, 0.25) is 20.0 Å². The predicted molar refractivity (Wildman–Crippen MR) is 379 cm³/mol. The third-order valence-electron chi connectivity index (χ3n) is 16.7. The van der Waals surface area contributed by atoms with Gasteiger partial charge in [-0.15, -0.1) is 11.7 Å².